The number of nitrogens with one attached hydrogen (secondary N) is 1. The van der Waals surface area contributed by atoms with Crippen LogP contribution in [0, 0.1) is 5.41 Å². The van der Waals surface area contributed by atoms with Crippen LogP contribution in [0.1, 0.15) is 50.8 Å². The number of hydrogen-bond acceptors (Lipinski definition) is 8. The van der Waals surface area contributed by atoms with E-state index in [2.05, 4.69) is 33.9 Å². The normalized spacial score (nSPS) is 24.6. The van der Waals surface area contributed by atoms with Gasteiger partial charge in [-0.05, 0) is 74.9 Å². The molecule has 44 heavy (non-hydrogen) atoms. The van der Waals surface area contributed by atoms with Crippen LogP contribution in [-0.4, -0.2) is 65.4 Å². The predicted molar refractivity (Wildman–Crippen MR) is 167 cm³/mol. The molecule has 2 bridgehead atoms. The molecule has 226 valence electrons. The van der Waals surface area contributed by atoms with Crippen LogP contribution in [0.25, 0.3) is 16.9 Å². The van der Waals surface area contributed by atoms with Crippen molar-refractivity contribution in [3.05, 3.63) is 76.9 Å². The molecule has 2 unspecified atom stereocenters. The molecule has 11 nitrogen and oxygen atoms in total. The van der Waals surface area contributed by atoms with Crippen LogP contribution in [-0.2, 0) is 23.4 Å². The Balaban J connectivity index is 1.11. The fourth-order valence-corrected chi connectivity index (χ4v) is 7.80. The first-order chi connectivity index (χ1) is 21.2. The van der Waals surface area contributed by atoms with E-state index in [9.17, 15) is 14.7 Å². The topological polar surface area (TPSA) is 121 Å². The molecule has 4 fully saturated rings. The molecule has 6 heterocycles. The lowest BCUT2D eigenvalue weighted by Gasteiger charge is -2.56. The van der Waals surface area contributed by atoms with Crippen LogP contribution in [0.3, 0.4) is 0 Å². The first-order valence-electron chi connectivity index (χ1n) is 15.4. The number of allylic oxidation sites excluding steroid dienone is 1. The third kappa shape index (κ3) is 3.94. The summed E-state index contributed by atoms with van der Waals surface area (Å²) in [5, 5.41) is 15.3. The molecule has 9 rings (SSSR count). The van der Waals surface area contributed by atoms with Gasteiger partial charge in [-0.25, -0.2) is 19.3 Å². The molecule has 2 aliphatic carbocycles. The van der Waals surface area contributed by atoms with E-state index in [1.807, 2.05) is 36.1 Å². The van der Waals surface area contributed by atoms with Gasteiger partial charge in [0.1, 0.15) is 11.0 Å². The average Bonchev–Trinajstić information content (AvgIpc) is 3.76. The number of aryl methyl sites for hydroxylation is 1. The standard InChI is InChI=1S/C33H36N8O3/c1-4-15-39-30(43)26-17-34-31(35-22-6-8-23(9-7-22)38-18-24-16-25(19-38)40(24)20(2)42)37-29(26)41(39)27-10-5-21-11-12-33(13-14-33)32(3,44)28(21)36-27/h4-10,17,24-25,44H,1,11-16,18-19H2,2-3H3,(H,34,35,37)/t24?,25?,32-/m1/s1. The minimum absolute atomic E-state index is 0.108. The first-order valence-corrected chi connectivity index (χ1v) is 15.4. The van der Waals surface area contributed by atoms with E-state index in [0.29, 0.717) is 40.6 Å². The predicted octanol–water partition coefficient (Wildman–Crippen LogP) is 3.65. The largest absolute Gasteiger partial charge is 0.383 e. The number of aliphatic hydroxyl groups is 1. The number of carbonyl (C=O) groups is 1. The van der Waals surface area contributed by atoms with E-state index in [1.165, 1.54) is 0 Å². The van der Waals surface area contributed by atoms with E-state index in [4.69, 9.17) is 9.97 Å². The molecule has 3 aliphatic heterocycles. The average molecular weight is 593 g/mol. The van der Waals surface area contributed by atoms with Gasteiger partial charge in [-0.2, -0.15) is 4.98 Å². The van der Waals surface area contributed by atoms with Crippen molar-refractivity contribution in [3.8, 4) is 5.82 Å². The molecule has 1 spiro atoms. The Morgan fingerprint density at radius 2 is 1.86 bits per heavy atom. The summed E-state index contributed by atoms with van der Waals surface area (Å²) in [5.41, 5.74) is 2.72. The summed E-state index contributed by atoms with van der Waals surface area (Å²) >= 11 is 0. The van der Waals surface area contributed by atoms with Crippen molar-refractivity contribution in [2.45, 2.75) is 70.2 Å². The number of amides is 1. The monoisotopic (exact) mass is 592 g/mol. The summed E-state index contributed by atoms with van der Waals surface area (Å²) in [7, 11) is 0. The summed E-state index contributed by atoms with van der Waals surface area (Å²) < 4.78 is 3.27. The van der Waals surface area contributed by atoms with Gasteiger partial charge in [0, 0.05) is 43.0 Å². The van der Waals surface area contributed by atoms with Crippen LogP contribution in [0.2, 0.25) is 0 Å². The van der Waals surface area contributed by atoms with Gasteiger partial charge in [-0.15, -0.1) is 6.58 Å². The second-order valence-corrected chi connectivity index (χ2v) is 13.0. The van der Waals surface area contributed by atoms with Crippen LogP contribution in [0.4, 0.5) is 17.3 Å². The van der Waals surface area contributed by atoms with Crippen molar-refractivity contribution in [2.24, 2.45) is 5.41 Å². The Labute approximate surface area is 254 Å². The lowest BCUT2D eigenvalue weighted by molar-refractivity contribution is -0.143. The van der Waals surface area contributed by atoms with Gasteiger partial charge >= 0.3 is 0 Å². The molecule has 1 saturated carbocycles. The lowest BCUT2D eigenvalue weighted by atomic mass is 9.72. The molecule has 3 aromatic heterocycles. The van der Waals surface area contributed by atoms with E-state index in [0.717, 1.165) is 62.1 Å². The van der Waals surface area contributed by atoms with E-state index in [1.54, 1.807) is 28.6 Å². The summed E-state index contributed by atoms with van der Waals surface area (Å²) in [6, 6.07) is 12.6. The summed E-state index contributed by atoms with van der Waals surface area (Å²) in [5.74, 6) is 1.04. The number of piperidine rings is 1. The lowest BCUT2D eigenvalue weighted by Crippen LogP contribution is -2.69. The fourth-order valence-electron chi connectivity index (χ4n) is 7.80. The Morgan fingerprint density at radius 1 is 1.11 bits per heavy atom. The molecular formula is C33H36N8O3. The zero-order chi connectivity index (χ0) is 30.4. The highest BCUT2D eigenvalue weighted by Gasteiger charge is 2.59. The van der Waals surface area contributed by atoms with Crippen LogP contribution >= 0.6 is 0 Å². The molecule has 0 radical (unpaired) electrons. The fraction of sp³-hybridized carbons (Fsp3) is 0.424. The Morgan fingerprint density at radius 3 is 2.55 bits per heavy atom. The second kappa shape index (κ2) is 9.49. The number of carbonyl (C=O) groups excluding carboxylic acids is 1. The molecule has 1 amide bonds. The summed E-state index contributed by atoms with van der Waals surface area (Å²) in [6.45, 7) is 9.33. The highest BCUT2D eigenvalue weighted by molar-refractivity contribution is 5.77. The van der Waals surface area contributed by atoms with Crippen molar-refractivity contribution < 1.29 is 9.90 Å². The highest BCUT2D eigenvalue weighted by Crippen LogP contribution is 2.63. The smallest absolute Gasteiger partial charge is 0.278 e. The molecule has 11 heteroatoms. The number of benzene rings is 1. The number of nitrogens with zero attached hydrogens (tertiary/aromatic N) is 7. The first kappa shape index (κ1) is 27.1. The quantitative estimate of drug-likeness (QED) is 0.326. The molecule has 5 aliphatic rings. The third-order valence-electron chi connectivity index (χ3n) is 10.4. The molecule has 1 aromatic carbocycles. The molecule has 3 atom stereocenters. The van der Waals surface area contributed by atoms with Gasteiger partial charge in [0.2, 0.25) is 11.9 Å². The number of hydrogen-bond donors (Lipinski definition) is 2. The molecule has 2 N–H and O–H groups in total. The van der Waals surface area contributed by atoms with Crippen LogP contribution < -0.4 is 15.8 Å². The third-order valence-corrected chi connectivity index (χ3v) is 10.4. The van der Waals surface area contributed by atoms with Crippen molar-refractivity contribution in [1.82, 2.24) is 29.2 Å². The maximum atomic E-state index is 13.5. The van der Waals surface area contributed by atoms with Crippen LogP contribution in [0.5, 0.6) is 0 Å². The maximum Gasteiger partial charge on any atom is 0.278 e. The summed E-state index contributed by atoms with van der Waals surface area (Å²) in [4.78, 5) is 43.9. The number of piperazine rings is 1. The Kier molecular flexibility index (Phi) is 5.84. The minimum atomic E-state index is -1.03. The van der Waals surface area contributed by atoms with Gasteiger partial charge < -0.3 is 20.2 Å². The van der Waals surface area contributed by atoms with Gasteiger partial charge in [0.25, 0.3) is 5.56 Å². The molecular weight excluding hydrogens is 556 g/mol. The SMILES string of the molecule is C=CCn1c(=O)c2cnc(Nc3ccc(N4CC5CC(C4)N5C(C)=O)cc3)nc2n1-c1ccc2c(n1)[C@@](C)(O)C1(CC2)CC1. The zero-order valence-electron chi connectivity index (χ0n) is 25.0. The number of aromatic nitrogens is 5. The number of fused-ring (bicyclic) bond motifs is 4. The Bertz CT molecular complexity index is 1880. The highest BCUT2D eigenvalue weighted by atomic mass is 16.3. The van der Waals surface area contributed by atoms with Gasteiger partial charge in [0.05, 0.1) is 24.3 Å². The van der Waals surface area contributed by atoms with Crippen molar-refractivity contribution in [3.63, 3.8) is 0 Å². The number of anilines is 3. The van der Waals surface area contributed by atoms with Crippen molar-refractivity contribution in [2.75, 3.05) is 23.3 Å². The Hall–Kier alpha value is -4.51. The van der Waals surface area contributed by atoms with Gasteiger partial charge in [-0.1, -0.05) is 12.1 Å². The second-order valence-electron chi connectivity index (χ2n) is 13.0. The van der Waals surface area contributed by atoms with E-state index >= 15 is 0 Å². The van der Waals surface area contributed by atoms with Crippen LogP contribution in [0.15, 0.2) is 60.0 Å². The van der Waals surface area contributed by atoms with Gasteiger partial charge in [0.15, 0.2) is 11.5 Å². The molecule has 4 aromatic rings. The van der Waals surface area contributed by atoms with E-state index in [-0.39, 0.29) is 23.4 Å². The number of pyridine rings is 1. The van der Waals surface area contributed by atoms with Gasteiger partial charge in [-0.3, -0.25) is 9.59 Å². The number of rotatable bonds is 6. The van der Waals surface area contributed by atoms with E-state index < -0.39 is 5.60 Å². The van der Waals surface area contributed by atoms with Crippen molar-refractivity contribution in [1.29, 1.82) is 0 Å². The van der Waals surface area contributed by atoms with Crippen molar-refractivity contribution >= 4 is 34.3 Å². The summed E-state index contributed by atoms with van der Waals surface area (Å²) in [6.07, 6.45) is 8.14. The minimum Gasteiger partial charge on any atom is -0.383 e. The maximum absolute atomic E-state index is 13.5. The zero-order valence-corrected chi connectivity index (χ0v) is 25.0. The molecule has 3 saturated heterocycles.